The second-order valence-corrected chi connectivity index (χ2v) is 8.33. The molecule has 0 N–H and O–H groups in total. The van der Waals surface area contributed by atoms with E-state index in [0.717, 1.165) is 16.6 Å². The summed E-state index contributed by atoms with van der Waals surface area (Å²) in [5.41, 5.74) is 0.505. The number of sulfone groups is 1. The predicted octanol–water partition coefficient (Wildman–Crippen LogP) is 3.63. The highest BCUT2D eigenvalue weighted by molar-refractivity contribution is 9.10. The smallest absolute Gasteiger partial charge is 0.181 e. The summed E-state index contributed by atoms with van der Waals surface area (Å²) < 4.78 is 38.6. The lowest BCUT2D eigenvalue weighted by Gasteiger charge is -2.04. The normalized spacial score (nSPS) is 20.6. The van der Waals surface area contributed by atoms with Crippen molar-refractivity contribution in [3.8, 4) is 0 Å². The number of hydrogen-bond donors (Lipinski definition) is 0. The maximum atomic E-state index is 12.9. The van der Waals surface area contributed by atoms with E-state index >= 15 is 0 Å². The predicted molar refractivity (Wildman–Crippen MR) is 84.0 cm³/mol. The number of carbonyl (C=O) groups excluding carboxylic acids is 1. The van der Waals surface area contributed by atoms with Crippen LogP contribution in [-0.2, 0) is 9.84 Å². The van der Waals surface area contributed by atoms with Gasteiger partial charge in [-0.2, -0.15) is 0 Å². The monoisotopic (exact) mass is 382 g/mol. The molecular formula is C16H12BrFO3S. The minimum atomic E-state index is -3.59. The van der Waals surface area contributed by atoms with Gasteiger partial charge in [0.2, 0.25) is 0 Å². The molecule has 2 unspecified atom stereocenters. The molecule has 1 aliphatic rings. The van der Waals surface area contributed by atoms with Gasteiger partial charge in [0.15, 0.2) is 15.6 Å². The van der Waals surface area contributed by atoms with Crippen molar-refractivity contribution in [3.63, 3.8) is 0 Å². The summed E-state index contributed by atoms with van der Waals surface area (Å²) in [5, 5.41) is -0.714. The Morgan fingerprint density at radius 1 is 1.05 bits per heavy atom. The molecule has 0 radical (unpaired) electrons. The largest absolute Gasteiger partial charge is 0.294 e. The first-order valence-corrected chi connectivity index (χ1v) is 9.03. The molecule has 0 spiro atoms. The lowest BCUT2D eigenvalue weighted by molar-refractivity contribution is 0.0968. The van der Waals surface area contributed by atoms with Crippen molar-refractivity contribution in [1.82, 2.24) is 0 Å². The Morgan fingerprint density at radius 3 is 2.23 bits per heavy atom. The molecule has 114 valence electrons. The number of rotatable bonds is 4. The first kappa shape index (κ1) is 15.4. The molecule has 1 aliphatic carbocycles. The lowest BCUT2D eigenvalue weighted by Crippen LogP contribution is -2.14. The van der Waals surface area contributed by atoms with Crippen LogP contribution in [-0.4, -0.2) is 19.5 Å². The van der Waals surface area contributed by atoms with Gasteiger partial charge in [0, 0.05) is 16.0 Å². The quantitative estimate of drug-likeness (QED) is 0.599. The van der Waals surface area contributed by atoms with Gasteiger partial charge < -0.3 is 0 Å². The van der Waals surface area contributed by atoms with Crippen LogP contribution >= 0.6 is 15.9 Å². The first-order chi connectivity index (χ1) is 10.4. The standard InChI is InChI=1S/C16H12BrFO3S/c17-11-3-1-10(2-4-11)16(19)14-9-15(14)22(20,21)13-7-5-12(18)6-8-13/h1-8,14-15H,9H2. The summed E-state index contributed by atoms with van der Waals surface area (Å²) in [6, 6.07) is 11.5. The molecule has 0 heterocycles. The minimum absolute atomic E-state index is 0.0602. The van der Waals surface area contributed by atoms with Crippen molar-refractivity contribution in [2.45, 2.75) is 16.6 Å². The number of halogens is 2. The molecule has 0 aromatic heterocycles. The van der Waals surface area contributed by atoms with Crippen molar-refractivity contribution in [3.05, 3.63) is 64.4 Å². The maximum Gasteiger partial charge on any atom is 0.181 e. The summed E-state index contributed by atoms with van der Waals surface area (Å²) in [5.74, 6) is -1.17. The van der Waals surface area contributed by atoms with E-state index in [1.807, 2.05) is 0 Å². The molecule has 0 aliphatic heterocycles. The SMILES string of the molecule is O=C(c1ccc(Br)cc1)C1CC1S(=O)(=O)c1ccc(F)cc1. The Labute approximate surface area is 136 Å². The minimum Gasteiger partial charge on any atom is -0.294 e. The van der Waals surface area contributed by atoms with Gasteiger partial charge in [-0.3, -0.25) is 4.79 Å². The van der Waals surface area contributed by atoms with Crippen molar-refractivity contribution in [2.75, 3.05) is 0 Å². The first-order valence-electron chi connectivity index (χ1n) is 6.69. The molecule has 0 bridgehead atoms. The molecule has 6 heteroatoms. The van der Waals surface area contributed by atoms with Gasteiger partial charge in [-0.1, -0.05) is 28.1 Å². The molecule has 2 aromatic rings. The summed E-state index contributed by atoms with van der Waals surface area (Å²) in [6.07, 6.45) is 0.314. The van der Waals surface area contributed by atoms with Crippen LogP contribution in [0.5, 0.6) is 0 Å². The van der Waals surface area contributed by atoms with E-state index in [-0.39, 0.29) is 10.7 Å². The van der Waals surface area contributed by atoms with Gasteiger partial charge in [0.05, 0.1) is 10.1 Å². The zero-order valence-electron chi connectivity index (χ0n) is 11.4. The highest BCUT2D eigenvalue weighted by Crippen LogP contribution is 2.42. The molecule has 2 atom stereocenters. The Kier molecular flexibility index (Phi) is 3.91. The summed E-state index contributed by atoms with van der Waals surface area (Å²) in [6.45, 7) is 0. The fraction of sp³-hybridized carbons (Fsp3) is 0.188. The van der Waals surface area contributed by atoms with E-state index in [1.54, 1.807) is 24.3 Å². The highest BCUT2D eigenvalue weighted by atomic mass is 79.9. The maximum absolute atomic E-state index is 12.9. The molecular weight excluding hydrogens is 371 g/mol. The Hall–Kier alpha value is -1.53. The fourth-order valence-corrected chi connectivity index (χ4v) is 4.56. The number of benzene rings is 2. The topological polar surface area (TPSA) is 51.2 Å². The Morgan fingerprint density at radius 2 is 1.64 bits per heavy atom. The third kappa shape index (κ3) is 2.85. The van der Waals surface area contributed by atoms with Crippen LogP contribution in [0.25, 0.3) is 0 Å². The van der Waals surface area contributed by atoms with Crippen molar-refractivity contribution >= 4 is 31.6 Å². The summed E-state index contributed by atoms with van der Waals surface area (Å²) in [4.78, 5) is 12.4. The third-order valence-electron chi connectivity index (χ3n) is 3.74. The van der Waals surface area contributed by atoms with Crippen LogP contribution in [0.2, 0.25) is 0 Å². The van der Waals surface area contributed by atoms with Gasteiger partial charge in [-0.15, -0.1) is 0 Å². The van der Waals surface area contributed by atoms with Crippen LogP contribution in [0.4, 0.5) is 4.39 Å². The van der Waals surface area contributed by atoms with E-state index in [2.05, 4.69) is 15.9 Å². The number of carbonyl (C=O) groups is 1. The van der Waals surface area contributed by atoms with Crippen LogP contribution in [0.1, 0.15) is 16.8 Å². The van der Waals surface area contributed by atoms with Crippen molar-refractivity contribution in [2.24, 2.45) is 5.92 Å². The molecule has 22 heavy (non-hydrogen) atoms. The molecule has 3 rings (SSSR count). The zero-order chi connectivity index (χ0) is 15.9. The van der Waals surface area contributed by atoms with E-state index in [9.17, 15) is 17.6 Å². The van der Waals surface area contributed by atoms with E-state index in [4.69, 9.17) is 0 Å². The number of hydrogen-bond acceptors (Lipinski definition) is 3. The van der Waals surface area contributed by atoms with Crippen LogP contribution in [0.15, 0.2) is 57.9 Å². The van der Waals surface area contributed by atoms with Gasteiger partial charge in [-0.05, 0) is 42.8 Å². The van der Waals surface area contributed by atoms with E-state index in [1.165, 1.54) is 12.1 Å². The van der Waals surface area contributed by atoms with Crippen molar-refractivity contribution < 1.29 is 17.6 Å². The van der Waals surface area contributed by atoms with Crippen molar-refractivity contribution in [1.29, 1.82) is 0 Å². The van der Waals surface area contributed by atoms with Gasteiger partial charge in [-0.25, -0.2) is 12.8 Å². The molecule has 3 nitrogen and oxygen atoms in total. The van der Waals surface area contributed by atoms with E-state index in [0.29, 0.717) is 12.0 Å². The Bertz CT molecular complexity index is 813. The van der Waals surface area contributed by atoms with E-state index < -0.39 is 26.8 Å². The second kappa shape index (κ2) is 5.59. The lowest BCUT2D eigenvalue weighted by atomic mass is 10.1. The molecule has 2 aromatic carbocycles. The summed E-state index contributed by atoms with van der Waals surface area (Å²) >= 11 is 3.29. The Balaban J connectivity index is 1.80. The molecule has 0 amide bonds. The number of Topliss-reactive ketones (excluding diaryl/α,β-unsaturated/α-hetero) is 1. The highest BCUT2D eigenvalue weighted by Gasteiger charge is 2.52. The number of ketones is 1. The average molecular weight is 383 g/mol. The van der Waals surface area contributed by atoms with Crippen LogP contribution in [0, 0.1) is 11.7 Å². The third-order valence-corrected chi connectivity index (χ3v) is 6.51. The molecule has 0 saturated heterocycles. The second-order valence-electron chi connectivity index (χ2n) is 5.25. The zero-order valence-corrected chi connectivity index (χ0v) is 13.8. The van der Waals surface area contributed by atoms with Gasteiger partial charge in [0.1, 0.15) is 5.82 Å². The van der Waals surface area contributed by atoms with Gasteiger partial charge in [0.25, 0.3) is 0 Å². The van der Waals surface area contributed by atoms with Crippen LogP contribution in [0.3, 0.4) is 0 Å². The molecule has 1 fully saturated rings. The average Bonchev–Trinajstić information content (AvgIpc) is 3.29. The molecule has 1 saturated carbocycles. The summed E-state index contributed by atoms with van der Waals surface area (Å²) in [7, 11) is -3.59. The fourth-order valence-electron chi connectivity index (χ4n) is 2.42. The van der Waals surface area contributed by atoms with Gasteiger partial charge >= 0.3 is 0 Å². The van der Waals surface area contributed by atoms with Crippen LogP contribution < -0.4 is 0 Å².